The van der Waals surface area contributed by atoms with E-state index < -0.39 is 0 Å². The van der Waals surface area contributed by atoms with Crippen molar-refractivity contribution < 1.29 is 23.7 Å². The van der Waals surface area contributed by atoms with Crippen molar-refractivity contribution in [2.75, 3.05) is 7.11 Å². The Morgan fingerprint density at radius 2 is 1.33 bits per heavy atom. The highest BCUT2D eigenvalue weighted by Crippen LogP contribution is 2.41. The average Bonchev–Trinajstić information content (AvgIpc) is 3.48. The Morgan fingerprint density at radius 3 is 2.00 bits per heavy atom. The fourth-order valence-corrected chi connectivity index (χ4v) is 3.69. The smallest absolute Gasteiger partial charge is 0.305 e. The first-order valence-corrected chi connectivity index (χ1v) is 9.74. The Bertz CT molecular complexity index is 413. The van der Waals surface area contributed by atoms with Gasteiger partial charge in [0.15, 0.2) is 0 Å². The summed E-state index contributed by atoms with van der Waals surface area (Å²) in [6.45, 7) is 2.18. The van der Waals surface area contributed by atoms with Gasteiger partial charge in [-0.05, 0) is 19.3 Å². The van der Waals surface area contributed by atoms with Gasteiger partial charge < -0.3 is 18.9 Å². The van der Waals surface area contributed by atoms with Crippen LogP contribution in [0.1, 0.15) is 71.1 Å². The van der Waals surface area contributed by atoms with Crippen LogP contribution in [0.3, 0.4) is 0 Å². The van der Waals surface area contributed by atoms with E-state index in [1.54, 1.807) is 0 Å². The highest BCUT2D eigenvalue weighted by molar-refractivity contribution is 5.68. The number of carbonyl (C=O) groups is 1. The molecule has 3 rings (SSSR count). The molecule has 6 unspecified atom stereocenters. The number of rotatable bonds is 13. The maximum Gasteiger partial charge on any atom is 0.305 e. The van der Waals surface area contributed by atoms with Gasteiger partial charge in [-0.1, -0.05) is 32.6 Å². The van der Waals surface area contributed by atoms with E-state index in [1.165, 1.54) is 32.8 Å². The van der Waals surface area contributed by atoms with Crippen LogP contribution in [-0.4, -0.2) is 49.7 Å². The highest BCUT2D eigenvalue weighted by atomic mass is 16.6. The van der Waals surface area contributed by atoms with Crippen LogP contribution in [0.4, 0.5) is 0 Å². The van der Waals surface area contributed by atoms with E-state index in [2.05, 4.69) is 11.7 Å². The van der Waals surface area contributed by atoms with Crippen molar-refractivity contribution in [2.45, 2.75) is 108 Å². The van der Waals surface area contributed by atoms with E-state index in [9.17, 15) is 4.79 Å². The van der Waals surface area contributed by atoms with Gasteiger partial charge in [-0.2, -0.15) is 0 Å². The summed E-state index contributed by atoms with van der Waals surface area (Å²) in [5.41, 5.74) is 0. The van der Waals surface area contributed by atoms with Gasteiger partial charge in [-0.15, -0.1) is 0 Å². The lowest BCUT2D eigenvalue weighted by Crippen LogP contribution is -2.05. The van der Waals surface area contributed by atoms with Crippen molar-refractivity contribution in [3.8, 4) is 0 Å². The van der Waals surface area contributed by atoms with Gasteiger partial charge in [0.2, 0.25) is 0 Å². The summed E-state index contributed by atoms with van der Waals surface area (Å²) >= 11 is 0. The zero-order valence-electron chi connectivity index (χ0n) is 15.1. The second-order valence-electron chi connectivity index (χ2n) is 7.40. The first-order valence-electron chi connectivity index (χ1n) is 9.74. The lowest BCUT2D eigenvalue weighted by molar-refractivity contribution is -0.140. The normalized spacial score (nSPS) is 36.4. The molecule has 3 fully saturated rings. The van der Waals surface area contributed by atoms with E-state index in [0.29, 0.717) is 43.0 Å². The molecule has 0 aromatic carbocycles. The van der Waals surface area contributed by atoms with Crippen molar-refractivity contribution >= 4 is 5.97 Å². The number of carbonyl (C=O) groups excluding carboxylic acids is 1. The molecule has 0 radical (unpaired) electrons. The van der Waals surface area contributed by atoms with Crippen molar-refractivity contribution in [3.63, 3.8) is 0 Å². The maximum atomic E-state index is 11.0. The minimum Gasteiger partial charge on any atom is -0.469 e. The first-order chi connectivity index (χ1) is 11.7. The molecule has 0 N–H and O–H groups in total. The molecule has 3 aliphatic rings. The van der Waals surface area contributed by atoms with Crippen molar-refractivity contribution in [2.24, 2.45) is 0 Å². The van der Waals surface area contributed by atoms with Gasteiger partial charge in [0, 0.05) is 19.3 Å². The van der Waals surface area contributed by atoms with Gasteiger partial charge in [-0.25, -0.2) is 0 Å². The number of epoxide rings is 3. The number of ether oxygens (including phenoxy) is 4. The molecule has 138 valence electrons. The van der Waals surface area contributed by atoms with Gasteiger partial charge >= 0.3 is 5.97 Å². The molecule has 0 aromatic heterocycles. The van der Waals surface area contributed by atoms with Crippen LogP contribution in [0.15, 0.2) is 0 Å². The van der Waals surface area contributed by atoms with E-state index in [4.69, 9.17) is 14.2 Å². The van der Waals surface area contributed by atoms with E-state index in [1.807, 2.05) is 0 Å². The highest BCUT2D eigenvalue weighted by Gasteiger charge is 2.51. The van der Waals surface area contributed by atoms with Gasteiger partial charge in [-0.3, -0.25) is 4.79 Å². The molecule has 6 atom stereocenters. The second-order valence-corrected chi connectivity index (χ2v) is 7.40. The molecule has 3 saturated heterocycles. The Hall–Kier alpha value is -0.650. The lowest BCUT2D eigenvalue weighted by atomic mass is 10.0. The number of esters is 1. The van der Waals surface area contributed by atoms with Gasteiger partial charge in [0.1, 0.15) is 0 Å². The molecule has 0 bridgehead atoms. The lowest BCUT2D eigenvalue weighted by Gasteiger charge is -2.00. The summed E-state index contributed by atoms with van der Waals surface area (Å²) in [4.78, 5) is 11.0. The van der Waals surface area contributed by atoms with E-state index in [0.717, 1.165) is 32.1 Å². The molecule has 3 aliphatic heterocycles. The van der Waals surface area contributed by atoms with E-state index >= 15 is 0 Å². The third kappa shape index (κ3) is 5.71. The average molecular weight is 340 g/mol. The van der Waals surface area contributed by atoms with Crippen LogP contribution < -0.4 is 0 Å². The summed E-state index contributed by atoms with van der Waals surface area (Å²) in [5, 5.41) is 0. The third-order valence-corrected chi connectivity index (χ3v) is 5.49. The topological polar surface area (TPSA) is 63.9 Å². The first kappa shape index (κ1) is 18.2. The fourth-order valence-electron chi connectivity index (χ4n) is 3.69. The zero-order valence-corrected chi connectivity index (χ0v) is 15.1. The molecule has 0 amide bonds. The largest absolute Gasteiger partial charge is 0.469 e. The molecule has 0 aliphatic carbocycles. The second kappa shape index (κ2) is 8.63. The molecular weight excluding hydrogens is 308 g/mol. The molecule has 3 heterocycles. The van der Waals surface area contributed by atoms with Gasteiger partial charge in [0.25, 0.3) is 0 Å². The van der Waals surface area contributed by atoms with Crippen molar-refractivity contribution in [1.29, 1.82) is 0 Å². The minimum absolute atomic E-state index is 0.0942. The fraction of sp³-hybridized carbons (Fsp3) is 0.947. The van der Waals surface area contributed by atoms with Crippen LogP contribution >= 0.6 is 0 Å². The maximum absolute atomic E-state index is 11.0. The van der Waals surface area contributed by atoms with E-state index in [-0.39, 0.29) is 5.97 Å². The van der Waals surface area contributed by atoms with Crippen LogP contribution in [0.25, 0.3) is 0 Å². The number of methoxy groups -OCH3 is 1. The van der Waals surface area contributed by atoms with Crippen LogP contribution in [0.2, 0.25) is 0 Å². The van der Waals surface area contributed by atoms with Crippen LogP contribution in [0, 0.1) is 0 Å². The summed E-state index contributed by atoms with van der Waals surface area (Å²) in [7, 11) is 1.45. The van der Waals surface area contributed by atoms with Crippen LogP contribution in [0.5, 0.6) is 0 Å². The summed E-state index contributed by atoms with van der Waals surface area (Å²) in [5.74, 6) is -0.0942. The zero-order chi connectivity index (χ0) is 16.9. The molecule has 0 spiro atoms. The standard InChI is InChI=1S/C19H32O5/c1-3-13-15(22-13)11-17-18(24-17)12-16-14(23-16)9-7-5-4-6-8-10-19(20)21-2/h13-18H,3-12H2,1-2H3. The number of hydrogen-bond acceptors (Lipinski definition) is 5. The Kier molecular flexibility index (Phi) is 6.53. The van der Waals surface area contributed by atoms with Gasteiger partial charge in [0.05, 0.1) is 43.7 Å². The summed E-state index contributed by atoms with van der Waals surface area (Å²) in [6.07, 6.45) is 13.4. The SMILES string of the molecule is CCC1OC1CC1OC1CC1OC1CCCCCCCC(=O)OC. The summed E-state index contributed by atoms with van der Waals surface area (Å²) in [6, 6.07) is 0. The quantitative estimate of drug-likeness (QED) is 0.292. The molecular formula is C19H32O5. The Labute approximate surface area is 145 Å². The van der Waals surface area contributed by atoms with Crippen LogP contribution in [-0.2, 0) is 23.7 Å². The molecule has 5 nitrogen and oxygen atoms in total. The monoisotopic (exact) mass is 340 g/mol. The molecule has 5 heteroatoms. The predicted molar refractivity (Wildman–Crippen MR) is 89.8 cm³/mol. The molecule has 0 saturated carbocycles. The van der Waals surface area contributed by atoms with Crippen molar-refractivity contribution in [3.05, 3.63) is 0 Å². The number of unbranched alkanes of at least 4 members (excludes halogenated alkanes) is 4. The molecule has 24 heavy (non-hydrogen) atoms. The minimum atomic E-state index is -0.0942. The predicted octanol–water partition coefficient (Wildman–Crippen LogP) is 3.38. The van der Waals surface area contributed by atoms with Crippen molar-refractivity contribution in [1.82, 2.24) is 0 Å². The number of hydrogen-bond donors (Lipinski definition) is 0. The Balaban J connectivity index is 1.12. The molecule has 0 aromatic rings. The Morgan fingerprint density at radius 1 is 0.792 bits per heavy atom. The third-order valence-electron chi connectivity index (χ3n) is 5.49. The summed E-state index contributed by atoms with van der Waals surface area (Å²) < 4.78 is 21.8.